The number of halogens is 6. The van der Waals surface area contributed by atoms with Gasteiger partial charge in [-0.1, -0.05) is 183 Å². The number of ketones is 2. The Kier molecular flexibility index (Phi) is 44.1. The number of esters is 2. The van der Waals surface area contributed by atoms with Gasteiger partial charge in [-0.2, -0.15) is 0 Å². The first-order valence-corrected chi connectivity index (χ1v) is 37.2. The summed E-state index contributed by atoms with van der Waals surface area (Å²) in [5, 5.41) is 46.1. The number of benzene rings is 5. The largest absolute Gasteiger partial charge is 0.494 e. The Morgan fingerprint density at radius 3 is 1.15 bits per heavy atom. The van der Waals surface area contributed by atoms with E-state index in [2.05, 4.69) is 167 Å². The van der Waals surface area contributed by atoms with E-state index < -0.39 is 31.8 Å². The number of pyridine rings is 4. The van der Waals surface area contributed by atoms with Crippen LogP contribution < -0.4 is 34.1 Å². The number of hydrogen-bond donors (Lipinski definition) is 6. The average Bonchev–Trinajstić information content (AvgIpc) is 1.69. The van der Waals surface area contributed by atoms with Crippen LogP contribution in [0.25, 0.3) is 33.4 Å². The third kappa shape index (κ3) is 38.3. The van der Waals surface area contributed by atoms with E-state index in [-0.39, 0.29) is 66.9 Å². The van der Waals surface area contributed by atoms with Crippen LogP contribution in [0.15, 0.2) is 200 Å². The summed E-state index contributed by atoms with van der Waals surface area (Å²) in [6, 6.07) is 41.8. The number of hydrogen-bond acceptors (Lipinski definition) is 24. The lowest BCUT2D eigenvalue weighted by atomic mass is 9.80. The minimum atomic E-state index is -1.50. The summed E-state index contributed by atoms with van der Waals surface area (Å²) in [7, 11) is -0.280. The molecule has 106 heavy (non-hydrogen) atoms. The number of nitrogens with zero attached hydrogens (tertiary/aromatic N) is 8. The van der Waals surface area contributed by atoms with Crippen molar-refractivity contribution in [3.63, 3.8) is 0 Å². The summed E-state index contributed by atoms with van der Waals surface area (Å²) in [4.78, 5) is 96.9. The topological polar surface area (TPSA) is 470 Å². The predicted octanol–water partition coefficient (Wildman–Crippen LogP) is 16.8. The SMILES string of the molecule is CC(=O)Cc1c(-c2ccncc2)cccc1[N+](=O)[O-].CC(=O)Cc1c(Br)cccc1[N+](=O)[O-].CC(=O)OC(C)=O.CC(I)(I)I.CC(I)I.CC1(C)OB(c2ccncc2)OC1(C)C.Nc1c(-c2ccncc2)cccc1[N+](=O)[O-].Nc1cccc(-c2ccncc2)c1N.Nc1ccccc1N.O=[N+]([O-])O.[HH]. The molecule has 0 amide bonds. The predicted molar refractivity (Wildman–Crippen MR) is 462 cm³/mol. The molecular formula is C70H80BBrI5N13O16. The van der Waals surface area contributed by atoms with Crippen molar-refractivity contribution in [3.05, 3.63) is 251 Å². The lowest BCUT2D eigenvalue weighted by Gasteiger charge is -2.32. The number of aromatic nitrogens is 4. The van der Waals surface area contributed by atoms with Gasteiger partial charge in [0, 0.05) is 117 Å². The maximum absolute atomic E-state index is 11.3. The molecule has 0 bridgehead atoms. The van der Waals surface area contributed by atoms with Crippen LogP contribution in [-0.2, 0) is 46.1 Å². The summed E-state index contributed by atoms with van der Waals surface area (Å²) in [6.07, 6.45) is 13.6. The standard InChI is InChI=1S/C14H12N2O3.C11H16BNO2.C11H9N3O2.C11H11N3.C9H8BrNO3.C6H8N2.C4H6O3.C2H3I3.C2H4I2.HNO3.H2/c1-10(17)9-13-12(11-5-7-15-8-6-11)3-2-4-14(13)16(18)19;1-10(2)11(3,4)15-12(14-10)9-5-7-13-8-6-9;12-11-9(8-4-6-13-7-5-8)2-1-3-10(11)14(15)16;12-10-3-1-2-9(11(10)13)8-4-6-14-7-5-8;1-6(12)5-7-8(10)3-2-4-9(7)11(13)14;7-5-3-1-2-4-6(5)8;1-3(5)7-4(2)6;1-2(3,4)5;1-2(3)4;2-1(3)4;/h2-8H,9H2,1H3;5-8H,1-4H3;1-7H,12H2;1-7H,12-13H2;2-4H,5H2,1H3;1-4H,7-8H2;1-2H3;1H3;2H,1H3;(H,2,3,4);1H. The number of anilines is 5. The highest BCUT2D eigenvalue weighted by molar-refractivity contribution is 14.3. The maximum atomic E-state index is 11.3. The second-order valence-electron chi connectivity index (χ2n) is 22.4. The van der Waals surface area contributed by atoms with Crippen molar-refractivity contribution in [2.75, 3.05) is 28.7 Å². The molecule has 1 saturated heterocycles. The van der Waals surface area contributed by atoms with Crippen molar-refractivity contribution >= 4 is 210 Å². The smallest absolute Gasteiger partial charge is 0.399 e. The Hall–Kier alpha value is -8.31. The molecule has 5 aromatic carbocycles. The average molecular weight is 2080 g/mol. The number of carbonyl (C=O) groups excluding carboxylic acids is 4. The summed E-state index contributed by atoms with van der Waals surface area (Å²) in [5.41, 5.74) is 37.0. The summed E-state index contributed by atoms with van der Waals surface area (Å²) < 4.78 is 17.6. The normalized spacial score (nSPS) is 11.5. The molecule has 11 N–H and O–H groups in total. The zero-order valence-electron chi connectivity index (χ0n) is 58.8. The van der Waals surface area contributed by atoms with Gasteiger partial charge < -0.3 is 47.9 Å². The second kappa shape index (κ2) is 48.8. The molecule has 0 unspecified atom stereocenters. The van der Waals surface area contributed by atoms with Gasteiger partial charge in [-0.05, 0) is 156 Å². The van der Waals surface area contributed by atoms with Gasteiger partial charge in [0.2, 0.25) is 0 Å². The fourth-order valence-electron chi connectivity index (χ4n) is 8.20. The molecule has 1 aliphatic rings. The molecule has 36 heteroatoms. The number of rotatable bonds is 11. The van der Waals surface area contributed by atoms with Crippen molar-refractivity contribution in [1.82, 2.24) is 19.9 Å². The fraction of sp³-hybridized carbons (Fsp3) is 0.229. The molecule has 5 heterocycles. The molecule has 29 nitrogen and oxygen atoms in total. The van der Waals surface area contributed by atoms with Crippen LogP contribution in [0, 0.1) is 40.5 Å². The number of ether oxygens (including phenoxy) is 1. The van der Waals surface area contributed by atoms with E-state index in [4.69, 9.17) is 53.3 Å². The zero-order valence-corrected chi connectivity index (χ0v) is 71.2. The van der Waals surface area contributed by atoms with Gasteiger partial charge in [-0.15, -0.1) is 10.1 Å². The van der Waals surface area contributed by atoms with Crippen molar-refractivity contribution in [1.29, 1.82) is 0 Å². The van der Waals surface area contributed by atoms with E-state index in [1.54, 1.807) is 128 Å². The van der Waals surface area contributed by atoms with Crippen LogP contribution >= 0.6 is 129 Å². The van der Waals surface area contributed by atoms with Crippen LogP contribution in [0.5, 0.6) is 0 Å². The van der Waals surface area contributed by atoms with Crippen LogP contribution in [0.4, 0.5) is 45.5 Å². The number of nitrogens with two attached hydrogens (primary N) is 5. The van der Waals surface area contributed by atoms with Gasteiger partial charge >= 0.3 is 19.1 Å². The van der Waals surface area contributed by atoms with Gasteiger partial charge in [0.1, 0.15) is 16.7 Å². The summed E-state index contributed by atoms with van der Waals surface area (Å²) in [6.45, 7) is 17.7. The van der Waals surface area contributed by atoms with Gasteiger partial charge in [-0.25, -0.2) is 0 Å². The fourth-order valence-corrected chi connectivity index (χ4v) is 8.70. The Balaban J connectivity index is 0.00000121. The van der Waals surface area contributed by atoms with E-state index in [9.17, 15) is 49.5 Å². The van der Waals surface area contributed by atoms with Crippen molar-refractivity contribution < 1.29 is 59.7 Å². The number of alkyl halides is 5. The quantitative estimate of drug-likeness (QED) is 0.0102. The van der Waals surface area contributed by atoms with Crippen LogP contribution in [-0.4, -0.2) is 88.2 Å². The lowest BCUT2D eigenvalue weighted by Crippen LogP contribution is -2.41. The molecule has 0 radical (unpaired) electrons. The minimum Gasteiger partial charge on any atom is -0.399 e. The molecule has 0 saturated carbocycles. The third-order valence-electron chi connectivity index (χ3n) is 13.4. The lowest BCUT2D eigenvalue weighted by molar-refractivity contribution is -0.742. The Morgan fingerprint density at radius 1 is 0.519 bits per heavy atom. The van der Waals surface area contributed by atoms with Crippen LogP contribution in [0.1, 0.15) is 81.8 Å². The highest BCUT2D eigenvalue weighted by atomic mass is 127. The summed E-state index contributed by atoms with van der Waals surface area (Å²) in [5.74, 6) is -1.33. The highest BCUT2D eigenvalue weighted by Crippen LogP contribution is 2.38. The van der Waals surface area contributed by atoms with Gasteiger partial charge in [0.15, 0.2) is 0 Å². The molecule has 10 rings (SSSR count). The zero-order chi connectivity index (χ0) is 80.7. The van der Waals surface area contributed by atoms with E-state index in [1.807, 2.05) is 76.2 Å². The molecule has 1 fully saturated rings. The number of Topliss-reactive ketones (excluding diaryl/α,β-unsaturated/α-hetero) is 2. The number of nitro groups is 3. The molecule has 1 aliphatic heterocycles. The molecule has 566 valence electrons. The van der Waals surface area contributed by atoms with Crippen molar-refractivity contribution in [2.45, 2.75) is 94.6 Å². The Labute approximate surface area is 691 Å². The molecule has 0 aliphatic carbocycles. The minimum absolute atomic E-state index is 0. The first-order chi connectivity index (χ1) is 49.4. The maximum Gasteiger partial charge on any atom is 0.494 e. The molecule has 0 spiro atoms. The number of para-hydroxylation sites is 4. The number of nitrogen functional groups attached to an aromatic ring is 5. The third-order valence-corrected chi connectivity index (χ3v) is 14.1. The molecule has 4 aromatic heterocycles. The second-order valence-corrected chi connectivity index (χ2v) is 42.1. The van der Waals surface area contributed by atoms with Gasteiger partial charge in [0.05, 0.1) is 56.2 Å². The monoisotopic (exact) mass is 2080 g/mol. The van der Waals surface area contributed by atoms with E-state index in [0.29, 0.717) is 48.9 Å². The first-order valence-electron chi connectivity index (χ1n) is 30.7. The Bertz CT molecular complexity index is 4270. The molecular weight excluding hydrogens is 2000 g/mol. The first kappa shape index (κ1) is 95.7. The molecule has 0 atom stereocenters. The van der Waals surface area contributed by atoms with Crippen molar-refractivity contribution in [3.8, 4) is 33.4 Å². The van der Waals surface area contributed by atoms with E-state index in [1.165, 1.54) is 45.9 Å². The molecule has 9 aromatic rings. The van der Waals surface area contributed by atoms with E-state index >= 15 is 0 Å². The number of nitro benzene ring substituents is 3. The van der Waals surface area contributed by atoms with Crippen LogP contribution in [0.3, 0.4) is 0 Å². The summed E-state index contributed by atoms with van der Waals surface area (Å²) >= 11 is 14.9. The van der Waals surface area contributed by atoms with Gasteiger partial charge in [0.25, 0.3) is 22.1 Å². The highest BCUT2D eigenvalue weighted by Gasteiger charge is 2.51. The Morgan fingerprint density at radius 2 is 0.811 bits per heavy atom. The van der Waals surface area contributed by atoms with E-state index in [0.717, 1.165) is 29.6 Å². The van der Waals surface area contributed by atoms with Crippen LogP contribution in [0.2, 0.25) is 0 Å². The van der Waals surface area contributed by atoms with Gasteiger partial charge in [-0.3, -0.25) is 69.5 Å². The van der Waals surface area contributed by atoms with Crippen molar-refractivity contribution in [2.24, 2.45) is 0 Å². The number of carbonyl (C=O) groups is 4.